The predicted octanol–water partition coefficient (Wildman–Crippen LogP) is 7.72. The fourth-order valence-corrected chi connectivity index (χ4v) is 5.92. The third kappa shape index (κ3) is 2.75. The number of aromatic amines is 1. The molecule has 0 bridgehead atoms. The van der Waals surface area contributed by atoms with Crippen LogP contribution < -0.4 is 5.56 Å². The van der Waals surface area contributed by atoms with Crippen LogP contribution in [0.15, 0.2) is 126 Å². The van der Waals surface area contributed by atoms with E-state index >= 15 is 0 Å². The van der Waals surface area contributed by atoms with Crippen LogP contribution in [0.5, 0.6) is 0 Å². The topological polar surface area (TPSA) is 42.7 Å². The van der Waals surface area contributed by atoms with Gasteiger partial charge in [0.05, 0.1) is 33.0 Å². The van der Waals surface area contributed by atoms with E-state index < -0.39 is 0 Å². The van der Waals surface area contributed by atoms with Gasteiger partial charge in [0.1, 0.15) is 0 Å². The lowest BCUT2D eigenvalue weighted by atomic mass is 10.1. The van der Waals surface area contributed by atoms with Gasteiger partial charge in [0.2, 0.25) is 0 Å². The number of pyridine rings is 1. The molecule has 0 amide bonds. The highest BCUT2D eigenvalue weighted by molar-refractivity contribution is 6.21. The molecule has 8 rings (SSSR count). The number of nitrogens with one attached hydrogen (secondary N) is 1. The number of para-hydroxylation sites is 4. The summed E-state index contributed by atoms with van der Waals surface area (Å²) in [4.78, 5) is 16.9. The maximum atomic E-state index is 13.6. The summed E-state index contributed by atoms with van der Waals surface area (Å²) in [5, 5.41) is 5.04. The van der Waals surface area contributed by atoms with Crippen LogP contribution in [0.1, 0.15) is 0 Å². The smallest absolute Gasteiger partial charge is 0.258 e. The molecule has 8 aromatic rings. The van der Waals surface area contributed by atoms with Crippen molar-refractivity contribution in [3.63, 3.8) is 0 Å². The maximum Gasteiger partial charge on any atom is 0.258 e. The summed E-state index contributed by atoms with van der Waals surface area (Å²) in [6.07, 6.45) is 0. The Bertz CT molecular complexity index is 2200. The Hall–Kier alpha value is -5.09. The van der Waals surface area contributed by atoms with Crippen LogP contribution in [0.25, 0.3) is 65.9 Å². The molecule has 4 nitrogen and oxygen atoms in total. The van der Waals surface area contributed by atoms with Gasteiger partial charge in [-0.1, -0.05) is 72.8 Å². The van der Waals surface area contributed by atoms with E-state index in [4.69, 9.17) is 0 Å². The number of hydrogen-bond acceptors (Lipinski definition) is 1. The lowest BCUT2D eigenvalue weighted by Gasteiger charge is -2.11. The first-order valence-electron chi connectivity index (χ1n) is 12.4. The minimum atomic E-state index is -0.0740. The van der Waals surface area contributed by atoms with Crippen molar-refractivity contribution in [1.82, 2.24) is 14.1 Å². The molecule has 0 saturated carbocycles. The molecular formula is C33H21N3O. The van der Waals surface area contributed by atoms with Gasteiger partial charge in [-0.05, 0) is 48.5 Å². The number of rotatable bonds is 2. The Morgan fingerprint density at radius 3 is 1.76 bits per heavy atom. The number of hydrogen-bond donors (Lipinski definition) is 1. The summed E-state index contributed by atoms with van der Waals surface area (Å²) in [7, 11) is 0. The van der Waals surface area contributed by atoms with Crippen molar-refractivity contribution in [2.24, 2.45) is 0 Å². The number of benzene rings is 5. The van der Waals surface area contributed by atoms with Gasteiger partial charge in [-0.25, -0.2) is 0 Å². The standard InChI is InChI=1S/C33H21N3O/c37-33-31-24-16-8-10-18-29(24)36(22-13-5-2-6-14-22)32(31)26-19-25-23-15-7-9-17-28(23)35(21-11-3-1-4-12-21)30(25)20-27(26)34-33/h1-20H,(H,34,37). The second-order valence-electron chi connectivity index (χ2n) is 9.47. The van der Waals surface area contributed by atoms with Gasteiger partial charge in [-0.3, -0.25) is 4.79 Å². The minimum Gasteiger partial charge on any atom is -0.321 e. The average molecular weight is 476 g/mol. The number of H-pyrrole nitrogens is 1. The summed E-state index contributed by atoms with van der Waals surface area (Å²) in [6.45, 7) is 0. The molecule has 1 N–H and O–H groups in total. The molecule has 0 radical (unpaired) electrons. The van der Waals surface area contributed by atoms with E-state index in [9.17, 15) is 4.79 Å². The lowest BCUT2D eigenvalue weighted by Crippen LogP contribution is -2.07. The summed E-state index contributed by atoms with van der Waals surface area (Å²) < 4.78 is 4.50. The third-order valence-electron chi connectivity index (χ3n) is 7.45. The van der Waals surface area contributed by atoms with Gasteiger partial charge in [-0.15, -0.1) is 0 Å². The van der Waals surface area contributed by atoms with Gasteiger partial charge in [0.15, 0.2) is 0 Å². The molecule has 5 aromatic carbocycles. The predicted molar refractivity (Wildman–Crippen MR) is 153 cm³/mol. The molecule has 0 spiro atoms. The molecule has 0 fully saturated rings. The normalized spacial score (nSPS) is 11.9. The summed E-state index contributed by atoms with van der Waals surface area (Å²) in [5.41, 5.74) is 7.04. The van der Waals surface area contributed by atoms with Crippen LogP contribution >= 0.6 is 0 Å². The van der Waals surface area contributed by atoms with Crippen molar-refractivity contribution < 1.29 is 0 Å². The summed E-state index contributed by atoms with van der Waals surface area (Å²) in [6, 6.07) is 41.7. The third-order valence-corrected chi connectivity index (χ3v) is 7.45. The van der Waals surface area contributed by atoms with Gasteiger partial charge in [0.25, 0.3) is 5.56 Å². The number of fused-ring (bicyclic) bond motifs is 8. The van der Waals surface area contributed by atoms with E-state index in [1.165, 1.54) is 5.39 Å². The largest absolute Gasteiger partial charge is 0.321 e. The quantitative estimate of drug-likeness (QED) is 0.273. The van der Waals surface area contributed by atoms with Crippen molar-refractivity contribution in [3.05, 3.63) is 132 Å². The van der Waals surface area contributed by atoms with E-state index in [1.807, 2.05) is 42.5 Å². The second kappa shape index (κ2) is 7.45. The molecule has 0 atom stereocenters. The maximum absolute atomic E-state index is 13.6. The monoisotopic (exact) mass is 475 g/mol. The molecule has 3 heterocycles. The van der Waals surface area contributed by atoms with Crippen LogP contribution in [0, 0.1) is 0 Å². The molecule has 3 aromatic heterocycles. The van der Waals surface area contributed by atoms with E-state index in [2.05, 4.69) is 93.0 Å². The first kappa shape index (κ1) is 20.1. The van der Waals surface area contributed by atoms with Crippen LogP contribution in [0.4, 0.5) is 0 Å². The lowest BCUT2D eigenvalue weighted by molar-refractivity contribution is 1.18. The van der Waals surface area contributed by atoms with Crippen LogP contribution in [0.2, 0.25) is 0 Å². The summed E-state index contributed by atoms with van der Waals surface area (Å²) in [5.74, 6) is 0. The van der Waals surface area contributed by atoms with Crippen molar-refractivity contribution in [3.8, 4) is 11.4 Å². The first-order chi connectivity index (χ1) is 18.3. The second-order valence-corrected chi connectivity index (χ2v) is 9.47. The van der Waals surface area contributed by atoms with Crippen molar-refractivity contribution >= 4 is 54.5 Å². The van der Waals surface area contributed by atoms with Gasteiger partial charge < -0.3 is 14.1 Å². The van der Waals surface area contributed by atoms with Gasteiger partial charge >= 0.3 is 0 Å². The molecule has 0 aliphatic heterocycles. The zero-order valence-electron chi connectivity index (χ0n) is 19.8. The fourth-order valence-electron chi connectivity index (χ4n) is 5.92. The van der Waals surface area contributed by atoms with Gasteiger partial charge in [0, 0.05) is 32.9 Å². The molecule has 0 unspecified atom stereocenters. The van der Waals surface area contributed by atoms with Crippen molar-refractivity contribution in [1.29, 1.82) is 0 Å². The Balaban J connectivity index is 1.62. The van der Waals surface area contributed by atoms with Crippen LogP contribution in [0.3, 0.4) is 0 Å². The van der Waals surface area contributed by atoms with Crippen molar-refractivity contribution in [2.45, 2.75) is 0 Å². The molecular weight excluding hydrogens is 454 g/mol. The molecule has 0 saturated heterocycles. The Labute approximate surface area is 211 Å². The molecule has 174 valence electrons. The average Bonchev–Trinajstić information content (AvgIpc) is 3.46. The van der Waals surface area contributed by atoms with E-state index in [-0.39, 0.29) is 5.56 Å². The first-order valence-corrected chi connectivity index (χ1v) is 12.4. The Kier molecular flexibility index (Phi) is 4.06. The van der Waals surface area contributed by atoms with E-state index in [0.29, 0.717) is 0 Å². The highest BCUT2D eigenvalue weighted by Gasteiger charge is 2.20. The Morgan fingerprint density at radius 1 is 0.486 bits per heavy atom. The fraction of sp³-hybridized carbons (Fsp3) is 0. The SMILES string of the molecule is O=c1[nH]c2cc3c(cc2c2c1c1ccccc1n2-c1ccccc1)c1ccccc1n3-c1ccccc1. The number of aromatic nitrogens is 3. The molecule has 0 aliphatic carbocycles. The molecule has 37 heavy (non-hydrogen) atoms. The molecule has 0 aliphatic rings. The van der Waals surface area contributed by atoms with E-state index in [0.717, 1.165) is 60.5 Å². The number of nitrogens with zero attached hydrogens (tertiary/aromatic N) is 2. The van der Waals surface area contributed by atoms with Crippen molar-refractivity contribution in [2.75, 3.05) is 0 Å². The molecule has 4 heteroatoms. The van der Waals surface area contributed by atoms with E-state index in [1.54, 1.807) is 0 Å². The highest BCUT2D eigenvalue weighted by atomic mass is 16.1. The van der Waals surface area contributed by atoms with Crippen LogP contribution in [-0.4, -0.2) is 14.1 Å². The van der Waals surface area contributed by atoms with Gasteiger partial charge in [-0.2, -0.15) is 0 Å². The van der Waals surface area contributed by atoms with Crippen LogP contribution in [-0.2, 0) is 0 Å². The summed E-state index contributed by atoms with van der Waals surface area (Å²) >= 11 is 0. The highest BCUT2D eigenvalue weighted by Crippen LogP contribution is 2.38. The minimum absolute atomic E-state index is 0.0740. The Morgan fingerprint density at radius 2 is 1.05 bits per heavy atom. The zero-order chi connectivity index (χ0) is 24.5. The zero-order valence-corrected chi connectivity index (χ0v) is 19.8.